The van der Waals surface area contributed by atoms with E-state index in [0.29, 0.717) is 0 Å². The molecule has 0 saturated heterocycles. The second-order valence-corrected chi connectivity index (χ2v) is 4.52. The summed E-state index contributed by atoms with van der Waals surface area (Å²) in [7, 11) is 0. The second kappa shape index (κ2) is 5.39. The smallest absolute Gasteiger partial charge is 0.418 e. The van der Waals surface area contributed by atoms with Crippen molar-refractivity contribution in [3.05, 3.63) is 42.7 Å². The fraction of sp³-hybridized carbons (Fsp3) is 0.308. The average molecular weight is 235 g/mol. The Morgan fingerprint density at radius 2 is 1.76 bits per heavy atom. The molecule has 0 radical (unpaired) electrons. The molecule has 1 N–H and O–H groups in total. The summed E-state index contributed by atoms with van der Waals surface area (Å²) in [5, 5.41) is 9.30. The Morgan fingerprint density at radius 1 is 1.18 bits per heavy atom. The van der Waals surface area contributed by atoms with Crippen LogP contribution in [-0.2, 0) is 4.74 Å². The first kappa shape index (κ1) is 13.1. The predicted octanol–water partition coefficient (Wildman–Crippen LogP) is 3.10. The molecule has 0 saturated carbocycles. The number of nitrogens with zero attached hydrogens (tertiary/aromatic N) is 1. The van der Waals surface area contributed by atoms with Crippen molar-refractivity contribution < 1.29 is 14.6 Å². The summed E-state index contributed by atoms with van der Waals surface area (Å²) in [6.07, 6.45) is 2.62. The lowest BCUT2D eigenvalue weighted by Crippen LogP contribution is -2.26. The average Bonchev–Trinajstić information content (AvgIpc) is 2.27. The monoisotopic (exact) mass is 235 g/mol. The molecule has 4 nitrogen and oxygen atoms in total. The second-order valence-electron chi connectivity index (χ2n) is 4.52. The van der Waals surface area contributed by atoms with Gasteiger partial charge in [0.1, 0.15) is 11.4 Å². The van der Waals surface area contributed by atoms with E-state index < -0.39 is 11.7 Å². The number of rotatable bonds is 0. The molecule has 0 aromatic carbocycles. The van der Waals surface area contributed by atoms with Crippen LogP contribution in [-0.4, -0.2) is 21.4 Å². The zero-order chi connectivity index (χ0) is 12.9. The fourth-order valence-electron chi connectivity index (χ4n) is 1.07. The van der Waals surface area contributed by atoms with Crippen molar-refractivity contribution in [2.24, 2.45) is 0 Å². The van der Waals surface area contributed by atoms with Crippen molar-refractivity contribution >= 4 is 6.09 Å². The minimum absolute atomic E-state index is 0.122. The van der Waals surface area contributed by atoms with Crippen LogP contribution in [0, 0.1) is 0 Å². The van der Waals surface area contributed by atoms with Crippen LogP contribution in [0.4, 0.5) is 4.79 Å². The van der Waals surface area contributed by atoms with Gasteiger partial charge in [0.05, 0.1) is 0 Å². The van der Waals surface area contributed by atoms with E-state index in [1.165, 1.54) is 22.9 Å². The summed E-state index contributed by atoms with van der Waals surface area (Å²) >= 11 is 0. The van der Waals surface area contributed by atoms with Gasteiger partial charge in [0.2, 0.25) is 0 Å². The van der Waals surface area contributed by atoms with Gasteiger partial charge in [0.25, 0.3) is 0 Å². The molecule has 0 atom stereocenters. The predicted molar refractivity (Wildman–Crippen MR) is 65.4 cm³/mol. The Hall–Kier alpha value is -1.97. The van der Waals surface area contributed by atoms with Crippen LogP contribution in [0.3, 0.4) is 0 Å². The third-order valence-electron chi connectivity index (χ3n) is 1.74. The summed E-state index contributed by atoms with van der Waals surface area (Å²) < 4.78 is 6.53. The maximum absolute atomic E-state index is 11.8. The number of carbonyl (C=O) groups is 1. The number of aromatic hydroxyl groups is 1. The SMILES string of the molecule is CC(C)(C)OC(=O)n1ccccc(O)ccc1. The van der Waals surface area contributed by atoms with Crippen LogP contribution in [0.5, 0.6) is 5.75 Å². The van der Waals surface area contributed by atoms with Crippen LogP contribution < -0.4 is 0 Å². The fourth-order valence-corrected chi connectivity index (χ4v) is 1.07. The quantitative estimate of drug-likeness (QED) is 0.751. The van der Waals surface area contributed by atoms with Crippen molar-refractivity contribution in [2.45, 2.75) is 26.4 Å². The first-order valence-electron chi connectivity index (χ1n) is 5.32. The molecule has 1 rings (SSSR count). The van der Waals surface area contributed by atoms with Gasteiger partial charge in [0.15, 0.2) is 0 Å². The lowest BCUT2D eigenvalue weighted by molar-refractivity contribution is 0.0536. The maximum atomic E-state index is 11.8. The van der Waals surface area contributed by atoms with E-state index in [2.05, 4.69) is 0 Å². The normalized spacial score (nSPS) is 10.5. The van der Waals surface area contributed by atoms with Gasteiger partial charge in [-0.05, 0) is 45.0 Å². The van der Waals surface area contributed by atoms with E-state index in [0.717, 1.165) is 0 Å². The maximum Gasteiger partial charge on any atom is 0.418 e. The van der Waals surface area contributed by atoms with E-state index in [-0.39, 0.29) is 5.75 Å². The van der Waals surface area contributed by atoms with E-state index in [1.54, 1.807) is 45.2 Å². The number of ether oxygens (including phenoxy) is 1. The zero-order valence-corrected chi connectivity index (χ0v) is 10.3. The van der Waals surface area contributed by atoms with Gasteiger partial charge >= 0.3 is 6.09 Å². The van der Waals surface area contributed by atoms with E-state index in [1.807, 2.05) is 0 Å². The molecule has 0 spiro atoms. The van der Waals surface area contributed by atoms with Gasteiger partial charge in [-0.1, -0.05) is 6.07 Å². The van der Waals surface area contributed by atoms with Crippen molar-refractivity contribution in [3.63, 3.8) is 0 Å². The lowest BCUT2D eigenvalue weighted by atomic mass is 10.2. The number of carbonyl (C=O) groups excluding carboxylic acids is 1. The Morgan fingerprint density at radius 3 is 2.41 bits per heavy atom. The molecule has 0 amide bonds. The molecular weight excluding hydrogens is 218 g/mol. The van der Waals surface area contributed by atoms with Crippen molar-refractivity contribution in [3.8, 4) is 5.75 Å². The minimum Gasteiger partial charge on any atom is -0.508 e. The van der Waals surface area contributed by atoms with Gasteiger partial charge < -0.3 is 9.84 Å². The molecule has 1 aromatic heterocycles. The third-order valence-corrected chi connectivity index (χ3v) is 1.74. The molecule has 1 aromatic rings. The minimum atomic E-state index is -0.537. The van der Waals surface area contributed by atoms with Crippen LogP contribution in [0.25, 0.3) is 0 Å². The standard InChI is InChI=1S/C13H17NO3/c1-13(2,3)17-12(16)14-9-5-4-7-11(15)8-6-10-14/h4-10,15H,1-3H3. The summed E-state index contributed by atoms with van der Waals surface area (Å²) in [5.41, 5.74) is -0.537. The topological polar surface area (TPSA) is 51.5 Å². The highest BCUT2D eigenvalue weighted by molar-refractivity contribution is 5.70. The molecule has 0 unspecified atom stereocenters. The van der Waals surface area contributed by atoms with Crippen LogP contribution in [0.2, 0.25) is 0 Å². The van der Waals surface area contributed by atoms with Crippen LogP contribution in [0.1, 0.15) is 20.8 Å². The molecule has 0 aliphatic carbocycles. The van der Waals surface area contributed by atoms with Crippen LogP contribution >= 0.6 is 0 Å². The molecule has 92 valence electrons. The zero-order valence-electron chi connectivity index (χ0n) is 10.3. The van der Waals surface area contributed by atoms with E-state index in [4.69, 9.17) is 4.74 Å². The highest BCUT2D eigenvalue weighted by Gasteiger charge is 2.16. The van der Waals surface area contributed by atoms with E-state index >= 15 is 0 Å². The van der Waals surface area contributed by atoms with Gasteiger partial charge in [-0.3, -0.25) is 4.57 Å². The largest absolute Gasteiger partial charge is 0.508 e. The molecule has 4 heteroatoms. The van der Waals surface area contributed by atoms with Gasteiger partial charge in [-0.2, -0.15) is 0 Å². The van der Waals surface area contributed by atoms with Crippen molar-refractivity contribution in [1.82, 2.24) is 4.57 Å². The number of aromatic nitrogens is 1. The lowest BCUT2D eigenvalue weighted by Gasteiger charge is -2.19. The summed E-state index contributed by atoms with van der Waals surface area (Å²) in [6.45, 7) is 5.42. The molecule has 0 aliphatic heterocycles. The Bertz CT molecular complexity index is 442. The van der Waals surface area contributed by atoms with Gasteiger partial charge in [-0.25, -0.2) is 4.79 Å². The molecule has 0 aliphatic rings. The summed E-state index contributed by atoms with van der Waals surface area (Å²) in [6, 6.07) is 7.86. The summed E-state index contributed by atoms with van der Waals surface area (Å²) in [5.74, 6) is 0.122. The third kappa shape index (κ3) is 5.06. The Balaban J connectivity index is 3.03. The van der Waals surface area contributed by atoms with E-state index in [9.17, 15) is 9.90 Å². The number of hydrogen-bond acceptors (Lipinski definition) is 3. The highest BCUT2D eigenvalue weighted by atomic mass is 16.6. The van der Waals surface area contributed by atoms with Gasteiger partial charge in [-0.15, -0.1) is 0 Å². The molecule has 17 heavy (non-hydrogen) atoms. The highest BCUT2D eigenvalue weighted by Crippen LogP contribution is 2.08. The van der Waals surface area contributed by atoms with Crippen LogP contribution in [0.15, 0.2) is 42.7 Å². The molecule has 1 heterocycles. The Labute approximate surface area is 101 Å². The Kier molecular flexibility index (Phi) is 4.15. The first-order chi connectivity index (χ1) is 7.88. The molecule has 0 fully saturated rings. The number of hydrogen-bond donors (Lipinski definition) is 1. The molecular formula is C13H17NO3. The molecule has 0 bridgehead atoms. The van der Waals surface area contributed by atoms with Crippen molar-refractivity contribution in [1.29, 1.82) is 0 Å². The van der Waals surface area contributed by atoms with Gasteiger partial charge in [0, 0.05) is 12.4 Å². The van der Waals surface area contributed by atoms with Crippen molar-refractivity contribution in [2.75, 3.05) is 0 Å². The summed E-state index contributed by atoms with van der Waals surface area (Å²) in [4.78, 5) is 11.8. The first-order valence-corrected chi connectivity index (χ1v) is 5.32.